The van der Waals surface area contributed by atoms with E-state index in [-0.39, 0.29) is 11.6 Å². The average Bonchev–Trinajstić information content (AvgIpc) is 2.74. The first-order valence-corrected chi connectivity index (χ1v) is 10.4. The molecule has 0 aliphatic carbocycles. The zero-order valence-corrected chi connectivity index (χ0v) is 17.8. The van der Waals surface area contributed by atoms with Crippen LogP contribution in [-0.2, 0) is 0 Å². The third-order valence-electron chi connectivity index (χ3n) is 4.54. The molecule has 0 aliphatic heterocycles. The fraction of sp³-hybridized carbons (Fsp3) is 0.167. The monoisotopic (exact) mass is 440 g/mol. The molecular weight excluding hydrogens is 419 g/mol. The molecule has 3 aromatic carbocycles. The van der Waals surface area contributed by atoms with Crippen LogP contribution in [0, 0.1) is 0 Å². The van der Waals surface area contributed by atoms with Gasteiger partial charge in [-0.15, -0.1) is 0 Å². The van der Waals surface area contributed by atoms with Gasteiger partial charge in [-0.3, -0.25) is 9.59 Å². The molecule has 30 heavy (non-hydrogen) atoms. The van der Waals surface area contributed by atoms with Gasteiger partial charge >= 0.3 is 0 Å². The zero-order chi connectivity index (χ0) is 21.3. The maximum Gasteiger partial charge on any atom is 0.164 e. The molecule has 0 heterocycles. The normalized spacial score (nSPS) is 10.5. The van der Waals surface area contributed by atoms with Crippen LogP contribution in [0.3, 0.4) is 0 Å². The SMILES string of the molecule is O=C(CCNc1cccc(Cl)c1)c1ccc(C(=O)CCNc2cccc(Cl)c2)cc1. The van der Waals surface area contributed by atoms with E-state index >= 15 is 0 Å². The Labute approximate surface area is 186 Å². The molecule has 0 spiro atoms. The number of ketones is 2. The molecule has 154 valence electrons. The number of nitrogens with one attached hydrogen (secondary N) is 2. The van der Waals surface area contributed by atoms with E-state index < -0.39 is 0 Å². The van der Waals surface area contributed by atoms with Gasteiger partial charge in [0, 0.05) is 58.5 Å². The van der Waals surface area contributed by atoms with E-state index in [1.807, 2.05) is 36.4 Å². The summed E-state index contributed by atoms with van der Waals surface area (Å²) >= 11 is 11.9. The summed E-state index contributed by atoms with van der Waals surface area (Å²) in [5.41, 5.74) is 2.94. The van der Waals surface area contributed by atoms with E-state index in [1.165, 1.54) is 0 Å². The van der Waals surface area contributed by atoms with Crippen molar-refractivity contribution in [3.63, 3.8) is 0 Å². The van der Waals surface area contributed by atoms with Gasteiger partial charge in [0.15, 0.2) is 11.6 Å². The van der Waals surface area contributed by atoms with Crippen LogP contribution < -0.4 is 10.6 Å². The third kappa shape index (κ3) is 6.61. The largest absolute Gasteiger partial charge is 0.385 e. The Kier molecular flexibility index (Phi) is 7.89. The van der Waals surface area contributed by atoms with Crippen molar-refractivity contribution < 1.29 is 9.59 Å². The second kappa shape index (κ2) is 10.8. The minimum Gasteiger partial charge on any atom is -0.385 e. The van der Waals surface area contributed by atoms with Gasteiger partial charge in [-0.2, -0.15) is 0 Å². The van der Waals surface area contributed by atoms with E-state index in [0.29, 0.717) is 47.1 Å². The highest BCUT2D eigenvalue weighted by atomic mass is 35.5. The second-order valence-corrected chi connectivity index (χ2v) is 7.67. The van der Waals surface area contributed by atoms with Crippen molar-refractivity contribution in [2.45, 2.75) is 12.8 Å². The second-order valence-electron chi connectivity index (χ2n) is 6.80. The molecule has 4 nitrogen and oxygen atoms in total. The lowest BCUT2D eigenvalue weighted by molar-refractivity contribution is 0.0975. The molecule has 0 saturated heterocycles. The van der Waals surface area contributed by atoms with Crippen molar-refractivity contribution in [1.82, 2.24) is 0 Å². The molecule has 0 amide bonds. The van der Waals surface area contributed by atoms with Gasteiger partial charge in [0.25, 0.3) is 0 Å². The van der Waals surface area contributed by atoms with E-state index in [1.54, 1.807) is 36.4 Å². The van der Waals surface area contributed by atoms with Crippen LogP contribution in [0.4, 0.5) is 11.4 Å². The number of hydrogen-bond acceptors (Lipinski definition) is 4. The molecule has 0 radical (unpaired) electrons. The molecule has 0 unspecified atom stereocenters. The first kappa shape index (κ1) is 21.9. The van der Waals surface area contributed by atoms with Gasteiger partial charge in [-0.25, -0.2) is 0 Å². The number of benzene rings is 3. The minimum atomic E-state index is 0.0196. The lowest BCUT2D eigenvalue weighted by atomic mass is 10.0. The number of hydrogen-bond donors (Lipinski definition) is 2. The summed E-state index contributed by atoms with van der Waals surface area (Å²) in [6.45, 7) is 1.02. The molecule has 6 heteroatoms. The number of carbonyl (C=O) groups excluding carboxylic acids is 2. The molecule has 0 aliphatic rings. The Bertz CT molecular complexity index is 937. The topological polar surface area (TPSA) is 58.2 Å². The predicted octanol–water partition coefficient (Wildman–Crippen LogP) is 6.36. The predicted molar refractivity (Wildman–Crippen MR) is 124 cm³/mol. The molecule has 0 bridgehead atoms. The summed E-state index contributed by atoms with van der Waals surface area (Å²) in [6, 6.07) is 21.6. The molecule has 2 N–H and O–H groups in total. The van der Waals surface area contributed by atoms with E-state index in [4.69, 9.17) is 23.2 Å². The van der Waals surface area contributed by atoms with Crippen LogP contribution in [0.1, 0.15) is 33.6 Å². The Balaban J connectivity index is 1.45. The van der Waals surface area contributed by atoms with Gasteiger partial charge in [0.2, 0.25) is 0 Å². The van der Waals surface area contributed by atoms with Crippen molar-refractivity contribution in [2.75, 3.05) is 23.7 Å². The molecule has 3 rings (SSSR count). The Morgan fingerprint density at radius 1 is 0.633 bits per heavy atom. The minimum absolute atomic E-state index is 0.0196. The van der Waals surface area contributed by atoms with Crippen molar-refractivity contribution in [2.24, 2.45) is 0 Å². The maximum absolute atomic E-state index is 12.4. The maximum atomic E-state index is 12.4. The van der Waals surface area contributed by atoms with Gasteiger partial charge in [0.1, 0.15) is 0 Å². The fourth-order valence-electron chi connectivity index (χ4n) is 2.97. The van der Waals surface area contributed by atoms with E-state index in [2.05, 4.69) is 10.6 Å². The Hall–Kier alpha value is -2.82. The number of carbonyl (C=O) groups is 2. The van der Waals surface area contributed by atoms with Gasteiger partial charge in [-0.05, 0) is 36.4 Å². The quantitative estimate of drug-likeness (QED) is 0.359. The van der Waals surface area contributed by atoms with Crippen LogP contribution >= 0.6 is 23.2 Å². The van der Waals surface area contributed by atoms with Gasteiger partial charge in [0.05, 0.1) is 0 Å². The smallest absolute Gasteiger partial charge is 0.164 e. The summed E-state index contributed by atoms with van der Waals surface area (Å²) in [4.78, 5) is 24.7. The molecule has 0 fully saturated rings. The van der Waals surface area contributed by atoms with Crippen molar-refractivity contribution in [3.05, 3.63) is 94.0 Å². The van der Waals surface area contributed by atoms with Crippen LogP contribution in [0.15, 0.2) is 72.8 Å². The zero-order valence-electron chi connectivity index (χ0n) is 16.3. The summed E-state index contributed by atoms with van der Waals surface area (Å²) < 4.78 is 0. The Morgan fingerprint density at radius 2 is 1.03 bits per heavy atom. The number of halogens is 2. The molecular formula is C24H22Cl2N2O2. The first-order valence-electron chi connectivity index (χ1n) is 9.66. The molecule has 0 aromatic heterocycles. The van der Waals surface area contributed by atoms with Crippen LogP contribution in [0.5, 0.6) is 0 Å². The van der Waals surface area contributed by atoms with E-state index in [0.717, 1.165) is 11.4 Å². The van der Waals surface area contributed by atoms with Crippen molar-refractivity contribution in [1.29, 1.82) is 0 Å². The van der Waals surface area contributed by atoms with Crippen LogP contribution in [-0.4, -0.2) is 24.7 Å². The highest BCUT2D eigenvalue weighted by molar-refractivity contribution is 6.31. The van der Waals surface area contributed by atoms with E-state index in [9.17, 15) is 9.59 Å². The summed E-state index contributed by atoms with van der Waals surface area (Å²) in [6.07, 6.45) is 0.701. The number of anilines is 2. The fourth-order valence-corrected chi connectivity index (χ4v) is 3.35. The molecule has 0 atom stereocenters. The average molecular weight is 441 g/mol. The Morgan fingerprint density at radius 3 is 1.40 bits per heavy atom. The summed E-state index contributed by atoms with van der Waals surface area (Å²) in [5.74, 6) is 0.0392. The van der Waals surface area contributed by atoms with Crippen LogP contribution in [0.2, 0.25) is 10.0 Å². The van der Waals surface area contributed by atoms with Crippen molar-refractivity contribution in [3.8, 4) is 0 Å². The highest BCUT2D eigenvalue weighted by Crippen LogP contribution is 2.16. The van der Waals surface area contributed by atoms with Crippen molar-refractivity contribution >= 4 is 46.1 Å². The standard InChI is InChI=1S/C24H22Cl2N2O2/c25-19-3-1-5-21(15-19)27-13-11-23(29)17-7-9-18(10-8-17)24(30)12-14-28-22-6-2-4-20(26)16-22/h1-10,15-16,27-28H,11-14H2. The van der Waals surface area contributed by atoms with Crippen LogP contribution in [0.25, 0.3) is 0 Å². The number of Topliss-reactive ketones (excluding diaryl/α,β-unsaturated/α-hetero) is 2. The molecule has 3 aromatic rings. The lowest BCUT2D eigenvalue weighted by Gasteiger charge is -2.08. The number of rotatable bonds is 10. The first-order chi connectivity index (χ1) is 14.5. The third-order valence-corrected chi connectivity index (χ3v) is 5.01. The molecule has 0 saturated carbocycles. The summed E-state index contributed by atoms with van der Waals surface area (Å²) in [5, 5.41) is 7.66. The summed E-state index contributed by atoms with van der Waals surface area (Å²) in [7, 11) is 0. The van der Waals surface area contributed by atoms with Gasteiger partial charge in [-0.1, -0.05) is 59.6 Å². The highest BCUT2D eigenvalue weighted by Gasteiger charge is 2.09. The van der Waals surface area contributed by atoms with Gasteiger partial charge < -0.3 is 10.6 Å². The lowest BCUT2D eigenvalue weighted by Crippen LogP contribution is -2.10.